The molecule has 0 saturated carbocycles. The molecule has 1 atom stereocenters. The number of methoxy groups -OCH3 is 1. The third kappa shape index (κ3) is 5.74. The molecule has 0 aliphatic carbocycles. The van der Waals surface area contributed by atoms with Crippen LogP contribution in [-0.2, 0) is 16.0 Å². The number of aryl methyl sites for hydroxylation is 1. The van der Waals surface area contributed by atoms with Crippen LogP contribution >= 0.6 is 11.3 Å². The molecule has 0 aliphatic heterocycles. The van der Waals surface area contributed by atoms with Crippen molar-refractivity contribution >= 4 is 17.2 Å². The van der Waals surface area contributed by atoms with Crippen LogP contribution in [0.15, 0.2) is 29.6 Å². The molecule has 0 aliphatic rings. The number of nitrogens with zero attached hydrogens (tertiary/aromatic N) is 1. The molecule has 1 aromatic carbocycles. The Bertz CT molecular complexity index is 625. The summed E-state index contributed by atoms with van der Waals surface area (Å²) in [5.74, 6) is -0.0876. The smallest absolute Gasteiger partial charge is 0.226 e. The number of aromatic nitrogens is 1. The zero-order valence-corrected chi connectivity index (χ0v) is 14.2. The quantitative estimate of drug-likeness (QED) is 0.776. The van der Waals surface area contributed by atoms with Crippen molar-refractivity contribution in [1.82, 2.24) is 10.3 Å². The minimum atomic E-state index is -0.548. The molecule has 2 aromatic rings. The number of hydrogen-bond acceptors (Lipinski definition) is 5. The number of nitrogens with one attached hydrogen (secondary N) is 1. The number of hydrogen-bond donors (Lipinski definition) is 2. The number of carbonyl (C=O) groups is 1. The molecule has 2 rings (SSSR count). The van der Waals surface area contributed by atoms with Crippen molar-refractivity contribution in [1.29, 1.82) is 0 Å². The van der Waals surface area contributed by atoms with Crippen LogP contribution in [0.25, 0.3) is 10.6 Å². The van der Waals surface area contributed by atoms with E-state index >= 15 is 0 Å². The summed E-state index contributed by atoms with van der Waals surface area (Å²) in [4.78, 5) is 16.4. The molecule has 23 heavy (non-hydrogen) atoms. The van der Waals surface area contributed by atoms with E-state index in [9.17, 15) is 9.90 Å². The first-order valence-corrected chi connectivity index (χ1v) is 8.41. The summed E-state index contributed by atoms with van der Waals surface area (Å²) >= 11 is 1.54. The van der Waals surface area contributed by atoms with Crippen LogP contribution in [0.2, 0.25) is 0 Å². The zero-order valence-electron chi connectivity index (χ0n) is 13.4. The van der Waals surface area contributed by atoms with Gasteiger partial charge in [0.05, 0.1) is 24.8 Å². The molecule has 124 valence electrons. The van der Waals surface area contributed by atoms with Crippen LogP contribution in [0.4, 0.5) is 0 Å². The minimum absolute atomic E-state index is 0.0876. The Hall–Kier alpha value is -1.76. The molecule has 1 unspecified atom stereocenters. The van der Waals surface area contributed by atoms with Crippen LogP contribution in [0.3, 0.4) is 0 Å². The number of aliphatic hydroxyl groups is 1. The maximum Gasteiger partial charge on any atom is 0.226 e. The van der Waals surface area contributed by atoms with E-state index in [4.69, 9.17) is 4.74 Å². The Balaban J connectivity index is 1.82. The second-order valence-corrected chi connectivity index (χ2v) is 6.29. The molecule has 1 heterocycles. The van der Waals surface area contributed by atoms with E-state index in [2.05, 4.69) is 22.4 Å². The van der Waals surface area contributed by atoms with E-state index in [0.717, 1.165) is 16.3 Å². The standard InChI is InChI=1S/C17H22N2O3S/c1-12-3-5-13(6-4-12)17-19-14(11-23-17)9-16(21)18-8-7-15(20)10-22-2/h3-6,11,15,20H,7-10H2,1-2H3,(H,18,21). The number of thiazole rings is 1. The molecule has 5 nitrogen and oxygen atoms in total. The highest BCUT2D eigenvalue weighted by Crippen LogP contribution is 2.24. The second kappa shape index (κ2) is 8.76. The van der Waals surface area contributed by atoms with Gasteiger partial charge in [-0.1, -0.05) is 29.8 Å². The third-order valence-electron chi connectivity index (χ3n) is 3.35. The first-order chi connectivity index (χ1) is 11.1. The Morgan fingerprint density at radius 3 is 2.83 bits per heavy atom. The molecule has 0 fully saturated rings. The van der Waals surface area contributed by atoms with Gasteiger partial charge >= 0.3 is 0 Å². The Labute approximate surface area is 140 Å². The van der Waals surface area contributed by atoms with E-state index in [1.165, 1.54) is 24.0 Å². The molecule has 1 aromatic heterocycles. The van der Waals surface area contributed by atoms with Gasteiger partial charge in [0.2, 0.25) is 5.91 Å². The van der Waals surface area contributed by atoms with Crippen LogP contribution in [-0.4, -0.2) is 42.4 Å². The number of ether oxygens (including phenoxy) is 1. The van der Waals surface area contributed by atoms with Crippen molar-refractivity contribution in [3.63, 3.8) is 0 Å². The van der Waals surface area contributed by atoms with Gasteiger partial charge in [0, 0.05) is 24.6 Å². The first-order valence-electron chi connectivity index (χ1n) is 7.53. The molecular weight excluding hydrogens is 312 g/mol. The van der Waals surface area contributed by atoms with Gasteiger partial charge in [-0.05, 0) is 13.3 Å². The summed E-state index contributed by atoms with van der Waals surface area (Å²) in [5.41, 5.74) is 3.04. The van der Waals surface area contributed by atoms with Gasteiger partial charge in [0.1, 0.15) is 5.01 Å². The fourth-order valence-corrected chi connectivity index (χ4v) is 2.92. The summed E-state index contributed by atoms with van der Waals surface area (Å²) in [6, 6.07) is 8.17. The molecular formula is C17H22N2O3S. The predicted octanol–water partition coefficient (Wildman–Crippen LogP) is 2.17. The highest BCUT2D eigenvalue weighted by molar-refractivity contribution is 7.13. The van der Waals surface area contributed by atoms with E-state index in [1.807, 2.05) is 24.4 Å². The highest BCUT2D eigenvalue weighted by atomic mass is 32.1. The average molecular weight is 334 g/mol. The molecule has 0 spiro atoms. The number of benzene rings is 1. The molecule has 0 radical (unpaired) electrons. The van der Waals surface area contributed by atoms with Crippen molar-refractivity contribution < 1.29 is 14.6 Å². The monoisotopic (exact) mass is 334 g/mol. The van der Waals surface area contributed by atoms with E-state index in [1.54, 1.807) is 0 Å². The van der Waals surface area contributed by atoms with Crippen molar-refractivity contribution in [2.45, 2.75) is 25.9 Å². The average Bonchev–Trinajstić information content (AvgIpc) is 2.96. The molecule has 0 saturated heterocycles. The van der Waals surface area contributed by atoms with E-state index < -0.39 is 6.10 Å². The lowest BCUT2D eigenvalue weighted by molar-refractivity contribution is -0.120. The number of aliphatic hydroxyl groups excluding tert-OH is 1. The van der Waals surface area contributed by atoms with Crippen molar-refractivity contribution in [2.75, 3.05) is 20.3 Å². The van der Waals surface area contributed by atoms with Gasteiger partial charge in [0.15, 0.2) is 0 Å². The molecule has 0 bridgehead atoms. The predicted molar refractivity (Wildman–Crippen MR) is 91.5 cm³/mol. The lowest BCUT2D eigenvalue weighted by Crippen LogP contribution is -2.29. The van der Waals surface area contributed by atoms with E-state index in [-0.39, 0.29) is 18.9 Å². The van der Waals surface area contributed by atoms with Gasteiger partial charge in [-0.15, -0.1) is 11.3 Å². The summed E-state index contributed by atoms with van der Waals surface area (Å²) in [5, 5.41) is 15.1. The topological polar surface area (TPSA) is 71.5 Å². The Morgan fingerprint density at radius 2 is 2.13 bits per heavy atom. The van der Waals surface area contributed by atoms with Crippen LogP contribution in [0.1, 0.15) is 17.7 Å². The maximum atomic E-state index is 11.9. The van der Waals surface area contributed by atoms with Gasteiger partial charge in [0.25, 0.3) is 0 Å². The second-order valence-electron chi connectivity index (χ2n) is 5.43. The van der Waals surface area contributed by atoms with Gasteiger partial charge in [-0.25, -0.2) is 4.98 Å². The highest BCUT2D eigenvalue weighted by Gasteiger charge is 2.10. The number of carbonyl (C=O) groups excluding carboxylic acids is 1. The number of rotatable bonds is 8. The normalized spacial score (nSPS) is 12.1. The third-order valence-corrected chi connectivity index (χ3v) is 4.29. The van der Waals surface area contributed by atoms with Crippen LogP contribution in [0.5, 0.6) is 0 Å². The molecule has 1 amide bonds. The largest absolute Gasteiger partial charge is 0.391 e. The first kappa shape index (κ1) is 17.6. The fraction of sp³-hybridized carbons (Fsp3) is 0.412. The summed E-state index contributed by atoms with van der Waals surface area (Å²) < 4.78 is 4.84. The zero-order chi connectivity index (χ0) is 16.7. The lowest BCUT2D eigenvalue weighted by atomic mass is 10.2. The fourth-order valence-electron chi connectivity index (χ4n) is 2.10. The SMILES string of the molecule is COCC(O)CCNC(=O)Cc1csc(-c2ccc(C)cc2)n1. The van der Waals surface area contributed by atoms with Crippen molar-refractivity contribution in [3.05, 3.63) is 40.9 Å². The summed E-state index contributed by atoms with van der Waals surface area (Å²) in [6.45, 7) is 2.76. The summed E-state index contributed by atoms with van der Waals surface area (Å²) in [6.07, 6.45) is 0.182. The maximum absolute atomic E-state index is 11.9. The molecule has 2 N–H and O–H groups in total. The minimum Gasteiger partial charge on any atom is -0.391 e. The lowest BCUT2D eigenvalue weighted by Gasteiger charge is -2.09. The van der Waals surface area contributed by atoms with Crippen molar-refractivity contribution in [2.24, 2.45) is 0 Å². The Morgan fingerprint density at radius 1 is 1.39 bits per heavy atom. The summed E-state index contributed by atoms with van der Waals surface area (Å²) in [7, 11) is 1.54. The van der Waals surface area contributed by atoms with Gasteiger partial charge in [-0.3, -0.25) is 4.79 Å². The number of amides is 1. The van der Waals surface area contributed by atoms with Crippen LogP contribution < -0.4 is 5.32 Å². The molecule has 6 heteroatoms. The Kier molecular flexibility index (Phi) is 6.70. The van der Waals surface area contributed by atoms with Crippen LogP contribution in [0, 0.1) is 6.92 Å². The van der Waals surface area contributed by atoms with Gasteiger partial charge < -0.3 is 15.2 Å². The van der Waals surface area contributed by atoms with Gasteiger partial charge in [-0.2, -0.15) is 0 Å². The van der Waals surface area contributed by atoms with E-state index in [0.29, 0.717) is 13.0 Å². The van der Waals surface area contributed by atoms with Crippen molar-refractivity contribution in [3.8, 4) is 10.6 Å².